The summed E-state index contributed by atoms with van der Waals surface area (Å²) in [5.74, 6) is 0.148. The number of aromatic amines is 1. The molecule has 5 rings (SSSR count). The molecule has 172 valence electrons. The van der Waals surface area contributed by atoms with Crippen molar-refractivity contribution in [2.24, 2.45) is 0 Å². The SMILES string of the molecule is CO[C@H]1CC[C@@H](c2ccc(NC(=O)C3(c4cccc(Cl)c4F)CC3)cc2-c2nnn[nH]2)CC1. The van der Waals surface area contributed by atoms with Crippen molar-refractivity contribution >= 4 is 23.2 Å². The van der Waals surface area contributed by atoms with E-state index >= 15 is 0 Å². The molecule has 2 saturated carbocycles. The van der Waals surface area contributed by atoms with Crippen molar-refractivity contribution in [2.75, 3.05) is 12.4 Å². The van der Waals surface area contributed by atoms with E-state index < -0.39 is 11.2 Å². The number of ether oxygens (including phenoxy) is 1. The second-order valence-electron chi connectivity index (χ2n) is 8.90. The van der Waals surface area contributed by atoms with Crippen molar-refractivity contribution in [2.45, 2.75) is 56.0 Å². The Labute approximate surface area is 196 Å². The second kappa shape index (κ2) is 8.83. The number of hydrogen-bond donors (Lipinski definition) is 2. The Morgan fingerprint density at radius 2 is 2.00 bits per heavy atom. The van der Waals surface area contributed by atoms with E-state index in [0.29, 0.717) is 41.9 Å². The highest BCUT2D eigenvalue weighted by atomic mass is 35.5. The van der Waals surface area contributed by atoms with Crippen molar-refractivity contribution in [1.82, 2.24) is 20.6 Å². The highest BCUT2D eigenvalue weighted by Gasteiger charge is 2.53. The van der Waals surface area contributed by atoms with E-state index in [1.165, 1.54) is 6.07 Å². The molecule has 0 aliphatic heterocycles. The summed E-state index contributed by atoms with van der Waals surface area (Å²) < 4.78 is 20.2. The number of tetrazole rings is 1. The lowest BCUT2D eigenvalue weighted by Gasteiger charge is -2.29. The molecule has 7 nitrogen and oxygen atoms in total. The second-order valence-corrected chi connectivity index (χ2v) is 9.31. The number of halogens is 2. The predicted molar refractivity (Wildman–Crippen MR) is 123 cm³/mol. The molecule has 0 radical (unpaired) electrons. The van der Waals surface area contributed by atoms with Crippen molar-refractivity contribution in [3.8, 4) is 11.4 Å². The van der Waals surface area contributed by atoms with Gasteiger partial charge in [-0.15, -0.1) is 5.10 Å². The Hall–Kier alpha value is -2.84. The fourth-order valence-electron chi connectivity index (χ4n) is 4.95. The van der Waals surface area contributed by atoms with Crippen LogP contribution in [0.15, 0.2) is 36.4 Å². The third kappa shape index (κ3) is 4.13. The third-order valence-electron chi connectivity index (χ3n) is 7.01. The molecule has 9 heteroatoms. The first kappa shape index (κ1) is 22.0. The van der Waals surface area contributed by atoms with Crippen molar-refractivity contribution in [3.05, 3.63) is 58.4 Å². The van der Waals surface area contributed by atoms with Gasteiger partial charge >= 0.3 is 0 Å². The van der Waals surface area contributed by atoms with Gasteiger partial charge in [-0.25, -0.2) is 9.49 Å². The van der Waals surface area contributed by atoms with Crippen LogP contribution in [0.3, 0.4) is 0 Å². The Kier molecular flexibility index (Phi) is 5.88. The topological polar surface area (TPSA) is 92.8 Å². The van der Waals surface area contributed by atoms with Gasteiger partial charge < -0.3 is 10.1 Å². The number of hydrogen-bond acceptors (Lipinski definition) is 5. The number of aromatic nitrogens is 4. The maximum absolute atomic E-state index is 14.7. The minimum absolute atomic E-state index is 0.0271. The van der Waals surface area contributed by atoms with Crippen LogP contribution in [0.25, 0.3) is 11.4 Å². The van der Waals surface area contributed by atoms with Gasteiger partial charge in [0.25, 0.3) is 0 Å². The number of amides is 1. The number of anilines is 1. The van der Waals surface area contributed by atoms with Crippen LogP contribution in [0.4, 0.5) is 10.1 Å². The standard InChI is InChI=1S/C24H25ClFN5O2/c1-33-16-8-5-14(6-9-16)17-10-7-15(13-18(17)22-28-30-31-29-22)27-23(32)24(11-12-24)19-3-2-4-20(25)21(19)26/h2-4,7,10,13-14,16H,5-6,8-9,11-12H2,1H3,(H,27,32)(H,28,29,30,31)/t14-,16+. The molecule has 0 saturated heterocycles. The van der Waals surface area contributed by atoms with E-state index in [4.69, 9.17) is 16.3 Å². The maximum atomic E-state index is 14.7. The monoisotopic (exact) mass is 469 g/mol. The van der Waals surface area contributed by atoms with Crippen LogP contribution in [0.5, 0.6) is 0 Å². The first-order valence-electron chi connectivity index (χ1n) is 11.2. The molecule has 1 aromatic heterocycles. The highest BCUT2D eigenvalue weighted by Crippen LogP contribution is 2.50. The van der Waals surface area contributed by atoms with Gasteiger partial charge in [-0.1, -0.05) is 29.8 Å². The van der Waals surface area contributed by atoms with E-state index in [-0.39, 0.29) is 10.9 Å². The molecule has 2 N–H and O–H groups in total. The molecule has 3 aromatic rings. The normalized spacial score (nSPS) is 21.5. The zero-order chi connectivity index (χ0) is 23.0. The van der Waals surface area contributed by atoms with Crippen LogP contribution in [-0.4, -0.2) is 39.7 Å². The van der Waals surface area contributed by atoms with E-state index in [1.807, 2.05) is 18.2 Å². The zero-order valence-electron chi connectivity index (χ0n) is 18.3. The minimum Gasteiger partial charge on any atom is -0.381 e. The van der Waals surface area contributed by atoms with Gasteiger partial charge in [0.1, 0.15) is 5.82 Å². The molecule has 1 amide bonds. The summed E-state index contributed by atoms with van der Waals surface area (Å²) in [4.78, 5) is 13.2. The summed E-state index contributed by atoms with van der Waals surface area (Å²) in [5.41, 5.74) is 2.08. The lowest BCUT2D eigenvalue weighted by molar-refractivity contribution is -0.118. The largest absolute Gasteiger partial charge is 0.381 e. The Bertz CT molecular complexity index is 1160. The summed E-state index contributed by atoms with van der Waals surface area (Å²) in [7, 11) is 1.76. The Balaban J connectivity index is 1.42. The lowest BCUT2D eigenvalue weighted by atomic mass is 9.80. The third-order valence-corrected chi connectivity index (χ3v) is 7.30. The van der Waals surface area contributed by atoms with Crippen LogP contribution in [-0.2, 0) is 14.9 Å². The number of nitrogens with one attached hydrogen (secondary N) is 2. The molecule has 2 aliphatic carbocycles. The molecule has 0 bridgehead atoms. The Morgan fingerprint density at radius 3 is 2.67 bits per heavy atom. The summed E-state index contributed by atoms with van der Waals surface area (Å²) in [6, 6.07) is 10.6. The predicted octanol–water partition coefficient (Wildman–Crippen LogP) is 5.00. The molecule has 0 atom stereocenters. The van der Waals surface area contributed by atoms with Crippen LogP contribution in [0, 0.1) is 5.82 Å². The van der Waals surface area contributed by atoms with Gasteiger partial charge in [0.05, 0.1) is 16.5 Å². The number of benzene rings is 2. The molecular weight excluding hydrogens is 445 g/mol. The number of nitrogens with zero attached hydrogens (tertiary/aromatic N) is 3. The molecule has 2 fully saturated rings. The van der Waals surface area contributed by atoms with Gasteiger partial charge in [-0.2, -0.15) is 0 Å². The van der Waals surface area contributed by atoms with Crippen molar-refractivity contribution in [1.29, 1.82) is 0 Å². The average molecular weight is 470 g/mol. The number of methoxy groups -OCH3 is 1. The maximum Gasteiger partial charge on any atom is 0.235 e. The van der Waals surface area contributed by atoms with Crippen LogP contribution >= 0.6 is 11.6 Å². The van der Waals surface area contributed by atoms with Crippen LogP contribution < -0.4 is 5.32 Å². The van der Waals surface area contributed by atoms with E-state index in [9.17, 15) is 9.18 Å². The van der Waals surface area contributed by atoms with E-state index in [0.717, 1.165) is 36.8 Å². The Morgan fingerprint density at radius 1 is 1.21 bits per heavy atom. The van der Waals surface area contributed by atoms with Crippen molar-refractivity contribution in [3.63, 3.8) is 0 Å². The van der Waals surface area contributed by atoms with Gasteiger partial charge in [0.15, 0.2) is 5.82 Å². The summed E-state index contributed by atoms with van der Waals surface area (Å²) in [6.07, 6.45) is 5.48. The first-order chi connectivity index (χ1) is 16.0. The van der Waals surface area contributed by atoms with Crippen molar-refractivity contribution < 1.29 is 13.9 Å². The van der Waals surface area contributed by atoms with Gasteiger partial charge in [0, 0.05) is 23.9 Å². The fraction of sp³-hybridized carbons (Fsp3) is 0.417. The summed E-state index contributed by atoms with van der Waals surface area (Å²) >= 11 is 5.96. The smallest absolute Gasteiger partial charge is 0.235 e. The zero-order valence-corrected chi connectivity index (χ0v) is 19.0. The van der Waals surface area contributed by atoms with E-state index in [2.05, 4.69) is 25.9 Å². The quantitative estimate of drug-likeness (QED) is 0.529. The van der Waals surface area contributed by atoms with Gasteiger partial charge in [-0.3, -0.25) is 4.79 Å². The molecule has 0 spiro atoms. The molecule has 2 aliphatic rings. The molecule has 33 heavy (non-hydrogen) atoms. The van der Waals surface area contributed by atoms with Gasteiger partial charge in [0.2, 0.25) is 5.91 Å². The summed E-state index contributed by atoms with van der Waals surface area (Å²) in [5, 5.41) is 17.4. The lowest BCUT2D eigenvalue weighted by Crippen LogP contribution is -2.29. The first-order valence-corrected chi connectivity index (χ1v) is 11.6. The van der Waals surface area contributed by atoms with Crippen LogP contribution in [0.2, 0.25) is 5.02 Å². The number of rotatable bonds is 6. The molecule has 0 unspecified atom stereocenters. The highest BCUT2D eigenvalue weighted by molar-refractivity contribution is 6.30. The number of H-pyrrole nitrogens is 1. The van der Waals surface area contributed by atoms with Gasteiger partial charge in [-0.05, 0) is 78.6 Å². The number of carbonyl (C=O) groups is 1. The summed E-state index contributed by atoms with van der Waals surface area (Å²) in [6.45, 7) is 0. The molecular formula is C24H25ClFN5O2. The number of carbonyl (C=O) groups excluding carboxylic acids is 1. The van der Waals surface area contributed by atoms with E-state index in [1.54, 1.807) is 19.2 Å². The van der Waals surface area contributed by atoms with Crippen LogP contribution in [0.1, 0.15) is 55.6 Å². The fourth-order valence-corrected chi connectivity index (χ4v) is 5.12. The molecule has 1 heterocycles. The average Bonchev–Trinajstić information content (AvgIpc) is 3.46. The minimum atomic E-state index is -0.889. The molecule has 2 aromatic carbocycles.